The molecule has 2 aromatic rings. The van der Waals surface area contributed by atoms with Crippen molar-refractivity contribution in [3.63, 3.8) is 0 Å². The van der Waals surface area contributed by atoms with Gasteiger partial charge in [-0.3, -0.25) is 4.79 Å². The minimum absolute atomic E-state index is 0.0412. The molecule has 36 heavy (non-hydrogen) atoms. The molecule has 1 aliphatic heterocycles. The van der Waals surface area contributed by atoms with Gasteiger partial charge in [0.05, 0.1) is 42.1 Å². The Morgan fingerprint density at radius 3 is 2.14 bits per heavy atom. The van der Waals surface area contributed by atoms with Crippen molar-refractivity contribution in [2.45, 2.75) is 25.9 Å². The van der Waals surface area contributed by atoms with Crippen molar-refractivity contribution in [3.05, 3.63) is 58.9 Å². The number of esters is 1. The number of ether oxygens (including phenoxy) is 5. The molecule has 1 atom stereocenters. The summed E-state index contributed by atoms with van der Waals surface area (Å²) in [6, 6.07) is 9.86. The molecule has 10 heteroatoms. The second kappa shape index (κ2) is 12.2. The summed E-state index contributed by atoms with van der Waals surface area (Å²) in [6.45, 7) is 2.48. The quantitative estimate of drug-likeness (QED) is 0.466. The van der Waals surface area contributed by atoms with E-state index in [1.807, 2.05) is 19.1 Å². The van der Waals surface area contributed by atoms with Gasteiger partial charge in [-0.2, -0.15) is 0 Å². The van der Waals surface area contributed by atoms with E-state index in [1.165, 1.54) is 33.5 Å². The molecule has 10 nitrogen and oxygen atoms in total. The molecule has 2 aromatic carbocycles. The highest BCUT2D eigenvalue weighted by Crippen LogP contribution is 2.46. The fraction of sp³-hybridized carbons (Fsp3) is 0.385. The zero-order valence-electron chi connectivity index (χ0n) is 21.4. The van der Waals surface area contributed by atoms with Crippen LogP contribution in [0.15, 0.2) is 47.7 Å². The number of amides is 1. The lowest BCUT2D eigenvalue weighted by Crippen LogP contribution is -2.28. The maximum Gasteiger partial charge on any atom is 0.339 e. The molecular formula is C26H32N2O8. The predicted molar refractivity (Wildman–Crippen MR) is 131 cm³/mol. The molecule has 0 spiro atoms. The molecule has 1 unspecified atom stereocenters. The van der Waals surface area contributed by atoms with Gasteiger partial charge in [-0.1, -0.05) is 31.2 Å². The summed E-state index contributed by atoms with van der Waals surface area (Å²) < 4.78 is 27.2. The van der Waals surface area contributed by atoms with E-state index in [-0.39, 0.29) is 17.9 Å². The lowest BCUT2D eigenvalue weighted by atomic mass is 9.96. The van der Waals surface area contributed by atoms with Gasteiger partial charge in [0, 0.05) is 17.7 Å². The van der Waals surface area contributed by atoms with Crippen LogP contribution in [0.3, 0.4) is 0 Å². The number of hydrogen-bond acceptors (Lipinski definition) is 9. The molecule has 1 aliphatic rings. The van der Waals surface area contributed by atoms with Gasteiger partial charge in [0.2, 0.25) is 5.76 Å². The third-order valence-corrected chi connectivity index (χ3v) is 5.70. The molecule has 1 N–H and O–H groups in total. The van der Waals surface area contributed by atoms with Crippen LogP contribution in [0.2, 0.25) is 0 Å². The Morgan fingerprint density at radius 1 is 0.917 bits per heavy atom. The van der Waals surface area contributed by atoms with Crippen LogP contribution in [-0.2, 0) is 25.7 Å². The lowest BCUT2D eigenvalue weighted by Gasteiger charge is -2.27. The second-order valence-corrected chi connectivity index (χ2v) is 7.79. The van der Waals surface area contributed by atoms with Crippen LogP contribution < -0.4 is 24.3 Å². The molecule has 0 aromatic heterocycles. The van der Waals surface area contributed by atoms with Gasteiger partial charge in [0.25, 0.3) is 5.91 Å². The third-order valence-electron chi connectivity index (χ3n) is 5.70. The summed E-state index contributed by atoms with van der Waals surface area (Å²) in [6.07, 6.45) is 0.713. The first kappa shape index (κ1) is 26.7. The number of hydroxylamine groups is 2. The normalized spacial score (nSPS) is 15.2. The minimum Gasteiger partial charge on any atom is -0.493 e. The van der Waals surface area contributed by atoms with Crippen LogP contribution in [0.4, 0.5) is 0 Å². The van der Waals surface area contributed by atoms with E-state index in [9.17, 15) is 9.59 Å². The van der Waals surface area contributed by atoms with E-state index in [2.05, 4.69) is 5.32 Å². The zero-order chi connectivity index (χ0) is 26.2. The molecule has 0 aliphatic carbocycles. The van der Waals surface area contributed by atoms with E-state index in [0.717, 1.165) is 0 Å². The van der Waals surface area contributed by atoms with Crippen LogP contribution in [0.5, 0.6) is 23.0 Å². The van der Waals surface area contributed by atoms with Crippen molar-refractivity contribution in [2.24, 2.45) is 0 Å². The summed E-state index contributed by atoms with van der Waals surface area (Å²) in [5.41, 5.74) is 1.31. The number of benzene rings is 2. The van der Waals surface area contributed by atoms with Gasteiger partial charge in [0.1, 0.15) is 11.6 Å². The van der Waals surface area contributed by atoms with E-state index >= 15 is 0 Å². The number of rotatable bonds is 11. The third kappa shape index (κ3) is 5.18. The number of carbonyl (C=O) groups excluding carboxylic acids is 2. The topological polar surface area (TPSA) is 105 Å². The summed E-state index contributed by atoms with van der Waals surface area (Å²) >= 11 is 0. The Bertz CT molecular complexity index is 1130. The summed E-state index contributed by atoms with van der Waals surface area (Å²) in [7, 11) is 7.36. The molecule has 0 saturated carbocycles. The SMILES string of the molecule is CCCNC(=O)C1=C(C(=O)OC)C(c2cccc(OC)c2OC)N(Cc2cccc(OC)c2OC)O1. The maximum absolute atomic E-state index is 13.1. The maximum atomic E-state index is 13.1. The van der Waals surface area contributed by atoms with Crippen LogP contribution in [0.1, 0.15) is 30.5 Å². The van der Waals surface area contributed by atoms with Crippen molar-refractivity contribution in [2.75, 3.05) is 42.1 Å². The Kier molecular flexibility index (Phi) is 9.02. The smallest absolute Gasteiger partial charge is 0.339 e. The summed E-state index contributed by atoms with van der Waals surface area (Å²) in [5.74, 6) is 0.521. The van der Waals surface area contributed by atoms with Gasteiger partial charge in [0.15, 0.2) is 23.0 Å². The van der Waals surface area contributed by atoms with Gasteiger partial charge in [-0.25, -0.2) is 4.79 Å². The van der Waals surface area contributed by atoms with Crippen molar-refractivity contribution >= 4 is 11.9 Å². The first-order valence-corrected chi connectivity index (χ1v) is 11.4. The molecule has 194 valence electrons. The van der Waals surface area contributed by atoms with E-state index in [1.54, 1.807) is 31.4 Å². The van der Waals surface area contributed by atoms with Gasteiger partial charge in [-0.05, 0) is 18.6 Å². The summed E-state index contributed by atoms with van der Waals surface area (Å²) in [4.78, 5) is 32.2. The van der Waals surface area contributed by atoms with Crippen molar-refractivity contribution in [3.8, 4) is 23.0 Å². The minimum atomic E-state index is -0.860. The van der Waals surface area contributed by atoms with Crippen LogP contribution in [0, 0.1) is 0 Å². The van der Waals surface area contributed by atoms with E-state index < -0.39 is 17.9 Å². The standard InChI is InChI=1S/C26H32N2O8/c1-7-14-27-25(29)24-20(26(30)35-6)21(17-11-9-13-19(32-3)23(17)34-5)28(36-24)15-16-10-8-12-18(31-2)22(16)33-4/h8-13,21H,7,14-15H2,1-6H3,(H,27,29). The van der Waals surface area contributed by atoms with E-state index in [4.69, 9.17) is 28.5 Å². The Balaban J connectivity index is 2.20. The molecule has 3 rings (SSSR count). The fourth-order valence-electron chi connectivity index (χ4n) is 4.09. The Morgan fingerprint density at radius 2 is 1.56 bits per heavy atom. The number of nitrogens with one attached hydrogen (secondary N) is 1. The molecule has 0 saturated heterocycles. The monoisotopic (exact) mass is 500 g/mol. The number of nitrogens with zero attached hydrogens (tertiary/aromatic N) is 1. The van der Waals surface area contributed by atoms with Crippen LogP contribution >= 0.6 is 0 Å². The van der Waals surface area contributed by atoms with Crippen LogP contribution in [-0.4, -0.2) is 59.0 Å². The largest absolute Gasteiger partial charge is 0.493 e. The fourth-order valence-corrected chi connectivity index (χ4v) is 4.09. The summed E-state index contributed by atoms with van der Waals surface area (Å²) in [5, 5.41) is 4.29. The number of methoxy groups -OCH3 is 5. The molecule has 0 fully saturated rings. The Labute approximate surface area is 210 Å². The first-order chi connectivity index (χ1) is 17.4. The van der Waals surface area contributed by atoms with Gasteiger partial charge in [-0.15, -0.1) is 5.06 Å². The van der Waals surface area contributed by atoms with Crippen molar-refractivity contribution in [1.29, 1.82) is 0 Å². The predicted octanol–water partition coefficient (Wildman–Crippen LogP) is 3.16. The highest BCUT2D eigenvalue weighted by molar-refractivity contribution is 6.03. The van der Waals surface area contributed by atoms with Crippen molar-refractivity contribution in [1.82, 2.24) is 10.4 Å². The van der Waals surface area contributed by atoms with Gasteiger partial charge < -0.3 is 33.8 Å². The highest BCUT2D eigenvalue weighted by atomic mass is 16.7. The second-order valence-electron chi connectivity index (χ2n) is 7.79. The average Bonchev–Trinajstić information content (AvgIpc) is 3.29. The lowest BCUT2D eigenvalue weighted by molar-refractivity contribution is -0.147. The average molecular weight is 501 g/mol. The molecular weight excluding hydrogens is 468 g/mol. The number of carbonyl (C=O) groups is 2. The Hall–Kier alpha value is -3.92. The molecule has 1 heterocycles. The van der Waals surface area contributed by atoms with E-state index in [0.29, 0.717) is 47.1 Å². The molecule has 0 radical (unpaired) electrons. The number of hydrogen-bond donors (Lipinski definition) is 1. The van der Waals surface area contributed by atoms with Gasteiger partial charge >= 0.3 is 5.97 Å². The zero-order valence-corrected chi connectivity index (χ0v) is 21.4. The van der Waals surface area contributed by atoms with Crippen LogP contribution in [0.25, 0.3) is 0 Å². The highest BCUT2D eigenvalue weighted by Gasteiger charge is 2.45. The first-order valence-electron chi connectivity index (χ1n) is 11.4. The molecule has 1 amide bonds. The van der Waals surface area contributed by atoms with Crippen molar-refractivity contribution < 1.29 is 38.1 Å². The number of para-hydroxylation sites is 2. The molecule has 0 bridgehead atoms.